The third-order valence-corrected chi connectivity index (χ3v) is 7.79. The molecule has 12 heteroatoms. The number of carbonyl (C=O) groups is 4. The molecule has 0 saturated heterocycles. The molecule has 40 heavy (non-hydrogen) atoms. The van der Waals surface area contributed by atoms with Crippen LogP contribution in [-0.4, -0.2) is 89.1 Å². The van der Waals surface area contributed by atoms with E-state index in [9.17, 15) is 34.5 Å². The van der Waals surface area contributed by atoms with E-state index in [2.05, 4.69) is 10.6 Å². The normalized spacial score (nSPS) is 26.3. The largest absolute Gasteiger partial charge is 0.508 e. The van der Waals surface area contributed by atoms with E-state index < -0.39 is 69.6 Å². The van der Waals surface area contributed by atoms with Crippen LogP contribution < -0.4 is 21.3 Å². The number of urea groups is 1. The zero-order valence-corrected chi connectivity index (χ0v) is 23.7. The molecule has 1 aromatic rings. The van der Waals surface area contributed by atoms with Gasteiger partial charge in [-0.25, -0.2) is 4.79 Å². The molecule has 0 unspecified atom stereocenters. The Hall–Kier alpha value is -3.90. The Labute approximate surface area is 232 Å². The topological polar surface area (TPSA) is 186 Å². The van der Waals surface area contributed by atoms with E-state index in [1.165, 1.54) is 4.90 Å². The van der Waals surface area contributed by atoms with Crippen molar-refractivity contribution in [1.29, 1.82) is 0 Å². The number of nitrogens with two attached hydrogens (primary N) is 1. The number of rotatable bonds is 4. The molecule has 4 rings (SSSR count). The molecule has 0 aliphatic heterocycles. The number of fused-ring (bicyclic) bond motifs is 3. The minimum atomic E-state index is -2.64. The smallest absolute Gasteiger partial charge is 0.319 e. The van der Waals surface area contributed by atoms with E-state index in [1.54, 1.807) is 26.2 Å². The number of likely N-dealkylation sites (N-methyl/N-ethyl adjacent to an activating group) is 1. The fourth-order valence-electron chi connectivity index (χ4n) is 6.20. The summed E-state index contributed by atoms with van der Waals surface area (Å²) in [5.74, 6) is -6.22. The van der Waals surface area contributed by atoms with Gasteiger partial charge in [0, 0.05) is 48.1 Å². The maximum absolute atomic E-state index is 14.0. The standard InChI is InChI=1S/C28H37N5O7/c1-27(2,3)31-26(39)30-13-10-15-14(17(11-13)32(4)5)8-12-9-16-20(33(6)7)22(35)19(25(29)38)24(37)28(16,40)23(36)18(12)21(15)34/h10-12,16,20,34,37,40H,8-9H2,1-7H3,(H2,29,38)(H2,30,31,39)/t12-,16-,20-,28-/m0/s1. The molecule has 0 radical (unpaired) electrons. The molecular formula is C28H37N5O7. The number of aliphatic hydroxyl groups is 3. The minimum Gasteiger partial charge on any atom is -0.508 e. The number of Topliss-reactive ketones (excluding diaryl/α,β-unsaturated/α-hetero) is 2. The molecule has 7 N–H and O–H groups in total. The highest BCUT2D eigenvalue weighted by atomic mass is 16.3. The monoisotopic (exact) mass is 555 g/mol. The Bertz CT molecular complexity index is 1390. The first-order chi connectivity index (χ1) is 18.4. The zero-order valence-electron chi connectivity index (χ0n) is 23.7. The van der Waals surface area contributed by atoms with Crippen molar-refractivity contribution in [1.82, 2.24) is 10.2 Å². The third-order valence-electron chi connectivity index (χ3n) is 7.79. The number of ketones is 2. The highest BCUT2D eigenvalue weighted by Crippen LogP contribution is 2.52. The van der Waals surface area contributed by atoms with Crippen LogP contribution in [0.5, 0.6) is 0 Å². The number of primary amides is 1. The molecule has 1 fully saturated rings. The van der Waals surface area contributed by atoms with Crippen molar-refractivity contribution < 1.29 is 34.5 Å². The molecule has 3 aliphatic carbocycles. The summed E-state index contributed by atoms with van der Waals surface area (Å²) in [6, 6.07) is 1.74. The van der Waals surface area contributed by atoms with Crippen LogP contribution in [0.4, 0.5) is 16.2 Å². The van der Waals surface area contributed by atoms with E-state index in [4.69, 9.17) is 5.73 Å². The second-order valence-electron chi connectivity index (χ2n) is 12.2. The first-order valence-corrected chi connectivity index (χ1v) is 13.0. The molecule has 3 amide bonds. The second-order valence-corrected chi connectivity index (χ2v) is 12.2. The summed E-state index contributed by atoms with van der Waals surface area (Å²) in [5.41, 5.74) is 3.36. The molecule has 0 spiro atoms. The van der Waals surface area contributed by atoms with Crippen molar-refractivity contribution in [2.24, 2.45) is 17.6 Å². The maximum atomic E-state index is 14.0. The lowest BCUT2D eigenvalue weighted by atomic mass is 9.57. The second kappa shape index (κ2) is 9.63. The molecular weight excluding hydrogens is 518 g/mol. The highest BCUT2D eigenvalue weighted by Gasteiger charge is 2.64. The van der Waals surface area contributed by atoms with Crippen molar-refractivity contribution in [2.45, 2.75) is 50.8 Å². The Morgan fingerprint density at radius 2 is 1.73 bits per heavy atom. The van der Waals surface area contributed by atoms with Crippen molar-refractivity contribution in [3.8, 4) is 0 Å². The van der Waals surface area contributed by atoms with Gasteiger partial charge in [-0.2, -0.15) is 0 Å². The summed E-state index contributed by atoms with van der Waals surface area (Å²) in [7, 11) is 6.77. The van der Waals surface area contributed by atoms with Gasteiger partial charge in [-0.1, -0.05) is 0 Å². The number of anilines is 2. The van der Waals surface area contributed by atoms with Crippen LogP contribution in [0.3, 0.4) is 0 Å². The first kappa shape index (κ1) is 29.1. The lowest BCUT2D eigenvalue weighted by Gasteiger charge is -2.50. The van der Waals surface area contributed by atoms with E-state index in [1.807, 2.05) is 39.8 Å². The van der Waals surface area contributed by atoms with Gasteiger partial charge in [0.2, 0.25) is 5.78 Å². The van der Waals surface area contributed by atoms with Gasteiger partial charge >= 0.3 is 6.03 Å². The lowest BCUT2D eigenvalue weighted by molar-refractivity contribution is -0.153. The van der Waals surface area contributed by atoms with Gasteiger partial charge in [-0.15, -0.1) is 0 Å². The number of aliphatic hydroxyl groups excluding tert-OH is 2. The van der Waals surface area contributed by atoms with Gasteiger partial charge in [0.05, 0.1) is 6.04 Å². The summed E-state index contributed by atoms with van der Waals surface area (Å²) in [5, 5.41) is 39.8. The fraction of sp³-hybridized carbons (Fsp3) is 0.500. The fourth-order valence-corrected chi connectivity index (χ4v) is 6.20. The SMILES string of the molecule is CN(C)c1cc(NC(=O)NC(C)(C)C)cc2c1C[C@H]1C[C@H]3[C@H](N(C)C)C(=O)C(C(N)=O)=C(O)[C@@]3(O)C(=O)C1=C2O. The van der Waals surface area contributed by atoms with Crippen LogP contribution in [0.25, 0.3) is 5.76 Å². The zero-order chi connectivity index (χ0) is 30.1. The van der Waals surface area contributed by atoms with Gasteiger partial charge in [0.1, 0.15) is 17.1 Å². The van der Waals surface area contributed by atoms with Gasteiger partial charge < -0.3 is 36.6 Å². The van der Waals surface area contributed by atoms with Gasteiger partial charge in [-0.3, -0.25) is 19.3 Å². The Morgan fingerprint density at radius 3 is 2.25 bits per heavy atom. The van der Waals surface area contributed by atoms with Crippen LogP contribution in [-0.2, 0) is 20.8 Å². The molecule has 4 atom stereocenters. The summed E-state index contributed by atoms with van der Waals surface area (Å²) in [6.45, 7) is 5.50. The third kappa shape index (κ3) is 4.50. The average Bonchev–Trinajstić information content (AvgIpc) is 2.79. The lowest BCUT2D eigenvalue weighted by Crippen LogP contribution is -2.65. The van der Waals surface area contributed by atoms with E-state index >= 15 is 0 Å². The van der Waals surface area contributed by atoms with Crippen LogP contribution >= 0.6 is 0 Å². The Morgan fingerprint density at radius 1 is 1.10 bits per heavy atom. The van der Waals surface area contributed by atoms with E-state index in [0.717, 1.165) is 5.56 Å². The molecule has 3 aliphatic rings. The number of hydrogen-bond donors (Lipinski definition) is 6. The summed E-state index contributed by atoms with van der Waals surface area (Å²) in [4.78, 5) is 55.2. The van der Waals surface area contributed by atoms with Crippen molar-refractivity contribution in [3.63, 3.8) is 0 Å². The van der Waals surface area contributed by atoms with Gasteiger partial charge in [0.25, 0.3) is 5.91 Å². The maximum Gasteiger partial charge on any atom is 0.319 e. The van der Waals surface area contributed by atoms with Gasteiger partial charge in [0.15, 0.2) is 11.4 Å². The molecule has 1 aromatic carbocycles. The first-order valence-electron chi connectivity index (χ1n) is 13.0. The van der Waals surface area contributed by atoms with E-state index in [0.29, 0.717) is 11.4 Å². The number of benzene rings is 1. The summed E-state index contributed by atoms with van der Waals surface area (Å²) >= 11 is 0. The Kier molecular flexibility index (Phi) is 7.00. The minimum absolute atomic E-state index is 0.0621. The van der Waals surface area contributed by atoms with Crippen molar-refractivity contribution in [2.75, 3.05) is 38.4 Å². The van der Waals surface area contributed by atoms with Crippen LogP contribution in [0.15, 0.2) is 29.0 Å². The molecule has 1 saturated carbocycles. The van der Waals surface area contributed by atoms with Crippen LogP contribution in [0, 0.1) is 11.8 Å². The van der Waals surface area contributed by atoms with Crippen molar-refractivity contribution in [3.05, 3.63) is 40.2 Å². The Balaban J connectivity index is 1.89. The highest BCUT2D eigenvalue weighted by molar-refractivity contribution is 6.24. The van der Waals surface area contributed by atoms with E-state index in [-0.39, 0.29) is 24.0 Å². The number of amides is 3. The predicted molar refractivity (Wildman–Crippen MR) is 149 cm³/mol. The van der Waals surface area contributed by atoms with Crippen LogP contribution in [0.1, 0.15) is 38.3 Å². The molecule has 0 heterocycles. The number of hydrogen-bond acceptors (Lipinski definition) is 9. The van der Waals surface area contributed by atoms with Crippen LogP contribution in [0.2, 0.25) is 0 Å². The molecule has 0 bridgehead atoms. The molecule has 0 aromatic heterocycles. The average molecular weight is 556 g/mol. The molecule has 12 nitrogen and oxygen atoms in total. The summed E-state index contributed by atoms with van der Waals surface area (Å²) < 4.78 is 0. The van der Waals surface area contributed by atoms with Crippen molar-refractivity contribution >= 4 is 40.6 Å². The number of carbonyl (C=O) groups excluding carboxylic acids is 4. The quantitative estimate of drug-likeness (QED) is 0.297. The number of nitrogens with zero attached hydrogens (tertiary/aromatic N) is 2. The van der Waals surface area contributed by atoms with Gasteiger partial charge in [-0.05, 0) is 71.3 Å². The number of nitrogens with one attached hydrogen (secondary N) is 2. The summed E-state index contributed by atoms with van der Waals surface area (Å²) in [6.07, 6.45) is 0.350. The predicted octanol–water partition coefficient (Wildman–Crippen LogP) is 1.24. The molecule has 216 valence electrons.